The van der Waals surface area contributed by atoms with E-state index in [1.807, 2.05) is 56.3 Å². The lowest BCUT2D eigenvalue weighted by atomic mass is 10.1. The van der Waals surface area contributed by atoms with E-state index in [1.54, 1.807) is 30.3 Å². The molecule has 4 rings (SSSR count). The maximum Gasteiger partial charge on any atom is 0.331 e. The SMILES string of the molecule is Cc1ccc(NC(=O)Cn2c(=O)n(CCC(=O)NCCc3ccccc3)c(=O)c3ccccc32)cc1C. The Hall–Kier alpha value is -4.46. The Balaban J connectivity index is 1.50. The first-order valence-corrected chi connectivity index (χ1v) is 12.2. The second-order valence-corrected chi connectivity index (χ2v) is 9.03. The average Bonchev–Trinajstić information content (AvgIpc) is 2.89. The van der Waals surface area contributed by atoms with Gasteiger partial charge in [-0.2, -0.15) is 0 Å². The summed E-state index contributed by atoms with van der Waals surface area (Å²) in [5.74, 6) is -0.645. The van der Waals surface area contributed by atoms with E-state index in [-0.39, 0.29) is 31.3 Å². The topological polar surface area (TPSA) is 102 Å². The summed E-state index contributed by atoms with van der Waals surface area (Å²) in [5, 5.41) is 5.96. The fourth-order valence-corrected chi connectivity index (χ4v) is 4.18. The van der Waals surface area contributed by atoms with Crippen LogP contribution in [0.4, 0.5) is 5.69 Å². The minimum Gasteiger partial charge on any atom is -0.356 e. The highest BCUT2D eigenvalue weighted by Crippen LogP contribution is 2.14. The number of carbonyl (C=O) groups is 2. The fraction of sp³-hybridized carbons (Fsp3) is 0.241. The summed E-state index contributed by atoms with van der Waals surface area (Å²) in [6.07, 6.45) is 0.655. The number of anilines is 1. The average molecular weight is 499 g/mol. The largest absolute Gasteiger partial charge is 0.356 e. The molecule has 1 aromatic heterocycles. The Kier molecular flexibility index (Phi) is 7.98. The molecule has 0 aliphatic heterocycles. The molecule has 0 unspecified atom stereocenters. The number of amides is 2. The van der Waals surface area contributed by atoms with Crippen molar-refractivity contribution >= 4 is 28.4 Å². The van der Waals surface area contributed by atoms with Crippen LogP contribution in [-0.4, -0.2) is 27.5 Å². The zero-order chi connectivity index (χ0) is 26.4. The molecular formula is C29H30N4O4. The van der Waals surface area contributed by atoms with Crippen LogP contribution in [0.3, 0.4) is 0 Å². The van der Waals surface area contributed by atoms with Gasteiger partial charge in [-0.15, -0.1) is 0 Å². The third kappa shape index (κ3) is 6.22. The number of rotatable bonds is 9. The van der Waals surface area contributed by atoms with E-state index in [2.05, 4.69) is 10.6 Å². The van der Waals surface area contributed by atoms with Crippen LogP contribution in [0, 0.1) is 13.8 Å². The molecule has 190 valence electrons. The molecule has 0 fully saturated rings. The second-order valence-electron chi connectivity index (χ2n) is 9.03. The number of hydrogen-bond acceptors (Lipinski definition) is 4. The molecule has 3 aromatic carbocycles. The summed E-state index contributed by atoms with van der Waals surface area (Å²) in [4.78, 5) is 51.7. The van der Waals surface area contributed by atoms with Crippen molar-refractivity contribution in [2.24, 2.45) is 0 Å². The minimum absolute atomic E-state index is 0.0306. The number of nitrogens with zero attached hydrogens (tertiary/aromatic N) is 2. The van der Waals surface area contributed by atoms with Crippen molar-refractivity contribution in [1.82, 2.24) is 14.5 Å². The third-order valence-electron chi connectivity index (χ3n) is 6.37. The Bertz CT molecular complexity index is 1550. The maximum atomic E-state index is 13.3. The Labute approximate surface area is 214 Å². The standard InChI is InChI=1S/C29H30N4O4/c1-20-12-13-23(18-21(20)2)31-27(35)19-33-25-11-7-6-10-24(25)28(36)32(29(33)37)17-15-26(34)30-16-14-22-8-4-3-5-9-22/h3-13,18H,14-17,19H2,1-2H3,(H,30,34)(H,31,35). The van der Waals surface area contributed by atoms with E-state index in [0.29, 0.717) is 29.6 Å². The number of nitrogens with one attached hydrogen (secondary N) is 2. The van der Waals surface area contributed by atoms with E-state index in [1.165, 1.54) is 4.57 Å². The highest BCUT2D eigenvalue weighted by molar-refractivity contribution is 5.91. The van der Waals surface area contributed by atoms with Gasteiger partial charge in [0, 0.05) is 25.2 Å². The maximum absolute atomic E-state index is 13.3. The summed E-state index contributed by atoms with van der Waals surface area (Å²) in [6, 6.07) is 22.0. The van der Waals surface area contributed by atoms with E-state index >= 15 is 0 Å². The number of para-hydroxylation sites is 1. The zero-order valence-electron chi connectivity index (χ0n) is 21.0. The molecule has 0 saturated carbocycles. The van der Waals surface area contributed by atoms with E-state index in [0.717, 1.165) is 21.3 Å². The van der Waals surface area contributed by atoms with Crippen molar-refractivity contribution < 1.29 is 9.59 Å². The molecule has 0 bridgehead atoms. The molecule has 8 heteroatoms. The highest BCUT2D eigenvalue weighted by Gasteiger charge is 2.16. The van der Waals surface area contributed by atoms with Gasteiger partial charge in [-0.3, -0.25) is 23.5 Å². The van der Waals surface area contributed by atoms with Gasteiger partial charge in [0.25, 0.3) is 5.56 Å². The fourth-order valence-electron chi connectivity index (χ4n) is 4.18. The van der Waals surface area contributed by atoms with Crippen LogP contribution < -0.4 is 21.9 Å². The van der Waals surface area contributed by atoms with Crippen LogP contribution in [-0.2, 0) is 29.1 Å². The number of carbonyl (C=O) groups excluding carboxylic acids is 2. The second kappa shape index (κ2) is 11.5. The smallest absolute Gasteiger partial charge is 0.331 e. The van der Waals surface area contributed by atoms with E-state index in [4.69, 9.17) is 0 Å². The quantitative estimate of drug-likeness (QED) is 0.370. The summed E-state index contributed by atoms with van der Waals surface area (Å²) in [5.41, 5.74) is 3.14. The molecule has 0 atom stereocenters. The third-order valence-corrected chi connectivity index (χ3v) is 6.37. The summed E-state index contributed by atoms with van der Waals surface area (Å²) < 4.78 is 2.31. The number of fused-ring (bicyclic) bond motifs is 1. The van der Waals surface area contributed by atoms with Gasteiger partial charge in [0.1, 0.15) is 6.54 Å². The summed E-state index contributed by atoms with van der Waals surface area (Å²) in [7, 11) is 0. The summed E-state index contributed by atoms with van der Waals surface area (Å²) in [6.45, 7) is 4.04. The highest BCUT2D eigenvalue weighted by atomic mass is 16.2. The number of benzene rings is 3. The molecule has 4 aromatic rings. The Morgan fingerprint density at radius 3 is 2.30 bits per heavy atom. The lowest BCUT2D eigenvalue weighted by molar-refractivity contribution is -0.121. The van der Waals surface area contributed by atoms with Crippen LogP contribution in [0.25, 0.3) is 10.9 Å². The first kappa shape index (κ1) is 25.6. The Morgan fingerprint density at radius 1 is 0.811 bits per heavy atom. The number of aryl methyl sites for hydroxylation is 2. The van der Waals surface area contributed by atoms with Gasteiger partial charge in [-0.25, -0.2) is 4.79 Å². The van der Waals surface area contributed by atoms with Crippen LogP contribution in [0.5, 0.6) is 0 Å². The monoisotopic (exact) mass is 498 g/mol. The van der Waals surface area contributed by atoms with E-state index in [9.17, 15) is 19.2 Å². The van der Waals surface area contributed by atoms with Gasteiger partial charge in [-0.1, -0.05) is 48.5 Å². The first-order valence-electron chi connectivity index (χ1n) is 12.2. The van der Waals surface area contributed by atoms with Crippen molar-refractivity contribution in [3.05, 3.63) is 110 Å². The van der Waals surface area contributed by atoms with E-state index < -0.39 is 11.2 Å². The molecule has 1 heterocycles. The lowest BCUT2D eigenvalue weighted by Crippen LogP contribution is -2.42. The predicted molar refractivity (Wildman–Crippen MR) is 145 cm³/mol. The molecule has 0 aliphatic carbocycles. The Morgan fingerprint density at radius 2 is 1.54 bits per heavy atom. The van der Waals surface area contributed by atoms with Gasteiger partial charge < -0.3 is 10.6 Å². The molecule has 0 aliphatic rings. The molecular weight excluding hydrogens is 468 g/mol. The molecule has 2 amide bonds. The zero-order valence-corrected chi connectivity index (χ0v) is 21.0. The first-order chi connectivity index (χ1) is 17.8. The van der Waals surface area contributed by atoms with Gasteiger partial charge in [0.05, 0.1) is 10.9 Å². The van der Waals surface area contributed by atoms with Gasteiger partial charge in [-0.05, 0) is 61.2 Å². The van der Waals surface area contributed by atoms with Gasteiger partial charge >= 0.3 is 5.69 Å². The number of aromatic nitrogens is 2. The molecule has 0 spiro atoms. The van der Waals surface area contributed by atoms with Crippen molar-refractivity contribution in [2.45, 2.75) is 39.8 Å². The van der Waals surface area contributed by atoms with Crippen molar-refractivity contribution in [3.63, 3.8) is 0 Å². The van der Waals surface area contributed by atoms with Gasteiger partial charge in [0.2, 0.25) is 11.8 Å². The van der Waals surface area contributed by atoms with Crippen LogP contribution in [0.15, 0.2) is 82.4 Å². The molecule has 2 N–H and O–H groups in total. The predicted octanol–water partition coefficient (Wildman–Crippen LogP) is 3.17. The van der Waals surface area contributed by atoms with Crippen LogP contribution in [0.1, 0.15) is 23.1 Å². The summed E-state index contributed by atoms with van der Waals surface area (Å²) >= 11 is 0. The van der Waals surface area contributed by atoms with Gasteiger partial charge in [0.15, 0.2) is 0 Å². The lowest BCUT2D eigenvalue weighted by Gasteiger charge is -2.14. The normalized spacial score (nSPS) is 10.9. The van der Waals surface area contributed by atoms with Crippen LogP contribution in [0.2, 0.25) is 0 Å². The molecule has 0 radical (unpaired) electrons. The van der Waals surface area contributed by atoms with Crippen molar-refractivity contribution in [2.75, 3.05) is 11.9 Å². The molecule has 37 heavy (non-hydrogen) atoms. The molecule has 8 nitrogen and oxygen atoms in total. The molecule has 0 saturated heterocycles. The minimum atomic E-state index is -0.629. The van der Waals surface area contributed by atoms with Crippen molar-refractivity contribution in [1.29, 1.82) is 0 Å². The number of hydrogen-bond donors (Lipinski definition) is 2. The van der Waals surface area contributed by atoms with Crippen LogP contribution >= 0.6 is 0 Å². The van der Waals surface area contributed by atoms with Crippen molar-refractivity contribution in [3.8, 4) is 0 Å².